The fraction of sp³-hybridized carbons (Fsp3) is 0.438. The molecule has 1 saturated carbocycles. The summed E-state index contributed by atoms with van der Waals surface area (Å²) in [6, 6.07) is 5.95. The summed E-state index contributed by atoms with van der Waals surface area (Å²) in [5.74, 6) is 0.452. The van der Waals surface area contributed by atoms with Gasteiger partial charge in [0, 0.05) is 43.3 Å². The second kappa shape index (κ2) is 6.10. The molecule has 120 valence electrons. The highest BCUT2D eigenvalue weighted by Gasteiger charge is 2.32. The highest BCUT2D eigenvalue weighted by atomic mass is 16.3. The molecule has 1 aliphatic carbocycles. The van der Waals surface area contributed by atoms with Crippen molar-refractivity contribution in [1.82, 2.24) is 29.9 Å². The minimum Gasteiger partial charge on any atom is -0.391 e. The lowest BCUT2D eigenvalue weighted by molar-refractivity contribution is 0.145. The van der Waals surface area contributed by atoms with Gasteiger partial charge in [0.15, 0.2) is 0 Å². The van der Waals surface area contributed by atoms with E-state index in [1.807, 2.05) is 35.3 Å². The molecule has 3 heterocycles. The zero-order chi connectivity index (χ0) is 15.6. The van der Waals surface area contributed by atoms with Crippen molar-refractivity contribution in [3.05, 3.63) is 48.5 Å². The zero-order valence-corrected chi connectivity index (χ0v) is 12.8. The van der Waals surface area contributed by atoms with Crippen molar-refractivity contribution in [1.29, 1.82) is 0 Å². The molecule has 0 bridgehead atoms. The minimum atomic E-state index is -0.310. The monoisotopic (exact) mass is 312 g/mol. The molecule has 0 radical (unpaired) electrons. The third-order valence-corrected chi connectivity index (χ3v) is 4.57. The molecule has 3 atom stereocenters. The number of fused-ring (bicyclic) bond motifs is 1. The maximum Gasteiger partial charge on any atom is 0.0918 e. The van der Waals surface area contributed by atoms with E-state index in [0.717, 1.165) is 30.5 Å². The van der Waals surface area contributed by atoms with E-state index in [2.05, 4.69) is 20.6 Å². The summed E-state index contributed by atoms with van der Waals surface area (Å²) in [6.45, 7) is 1.55. The van der Waals surface area contributed by atoms with Crippen LogP contribution in [0.15, 0.2) is 43.0 Å². The number of hydrogen-bond donors (Lipinski definition) is 2. The van der Waals surface area contributed by atoms with E-state index >= 15 is 0 Å². The summed E-state index contributed by atoms with van der Waals surface area (Å²) in [6.07, 6.45) is 8.78. The van der Waals surface area contributed by atoms with Crippen LogP contribution in [0.25, 0.3) is 5.52 Å². The summed E-state index contributed by atoms with van der Waals surface area (Å²) in [5, 5.41) is 26.4. The van der Waals surface area contributed by atoms with Crippen LogP contribution in [0.1, 0.15) is 18.4 Å². The normalized spacial score (nSPS) is 24.5. The van der Waals surface area contributed by atoms with Gasteiger partial charge < -0.3 is 10.4 Å². The van der Waals surface area contributed by atoms with Crippen LogP contribution < -0.4 is 5.32 Å². The van der Waals surface area contributed by atoms with E-state index in [0.29, 0.717) is 12.5 Å². The van der Waals surface area contributed by atoms with Crippen molar-refractivity contribution < 1.29 is 5.11 Å². The molecule has 1 aliphatic rings. The molecular weight excluding hydrogens is 292 g/mol. The molecule has 7 nitrogen and oxygen atoms in total. The van der Waals surface area contributed by atoms with Crippen LogP contribution in [-0.4, -0.2) is 41.9 Å². The molecule has 0 amide bonds. The van der Waals surface area contributed by atoms with Gasteiger partial charge in [-0.25, -0.2) is 0 Å². The fourth-order valence-electron chi connectivity index (χ4n) is 3.42. The van der Waals surface area contributed by atoms with Crippen LogP contribution in [0.3, 0.4) is 0 Å². The quantitative estimate of drug-likeness (QED) is 0.730. The van der Waals surface area contributed by atoms with Crippen molar-refractivity contribution in [3.8, 4) is 0 Å². The van der Waals surface area contributed by atoms with Gasteiger partial charge in [0.1, 0.15) is 0 Å². The van der Waals surface area contributed by atoms with Gasteiger partial charge in [-0.3, -0.25) is 4.68 Å². The van der Waals surface area contributed by atoms with Gasteiger partial charge in [-0.15, -0.1) is 0 Å². The lowest BCUT2D eigenvalue weighted by atomic mass is 10.1. The Balaban J connectivity index is 1.37. The van der Waals surface area contributed by atoms with E-state index in [9.17, 15) is 5.11 Å². The molecule has 7 heteroatoms. The number of aliphatic hydroxyl groups excluding tert-OH is 1. The van der Waals surface area contributed by atoms with E-state index in [1.54, 1.807) is 17.0 Å². The molecule has 0 spiro atoms. The first-order valence-electron chi connectivity index (χ1n) is 7.96. The van der Waals surface area contributed by atoms with Gasteiger partial charge in [-0.05, 0) is 37.0 Å². The molecule has 23 heavy (non-hydrogen) atoms. The van der Waals surface area contributed by atoms with Crippen LogP contribution in [0.5, 0.6) is 0 Å². The Labute approximate surface area is 133 Å². The molecule has 1 fully saturated rings. The number of nitrogens with zero attached hydrogens (tertiary/aromatic N) is 5. The van der Waals surface area contributed by atoms with Crippen molar-refractivity contribution in [2.24, 2.45) is 5.92 Å². The van der Waals surface area contributed by atoms with Gasteiger partial charge >= 0.3 is 0 Å². The number of rotatable bonds is 5. The van der Waals surface area contributed by atoms with Gasteiger partial charge in [-0.2, -0.15) is 19.9 Å². The van der Waals surface area contributed by atoms with Crippen molar-refractivity contribution >= 4 is 5.52 Å². The van der Waals surface area contributed by atoms with Gasteiger partial charge in [0.05, 0.1) is 17.8 Å². The number of hydrogen-bond acceptors (Lipinski definition) is 5. The predicted molar refractivity (Wildman–Crippen MR) is 84.6 cm³/mol. The summed E-state index contributed by atoms with van der Waals surface area (Å²) < 4.78 is 3.57. The Bertz CT molecular complexity index is 768. The number of aliphatic hydroxyl groups is 1. The van der Waals surface area contributed by atoms with Crippen molar-refractivity contribution in [3.63, 3.8) is 0 Å². The molecule has 1 unspecified atom stereocenters. The highest BCUT2D eigenvalue weighted by molar-refractivity contribution is 5.52. The third kappa shape index (κ3) is 2.97. The first-order chi connectivity index (χ1) is 11.3. The van der Waals surface area contributed by atoms with E-state index in [1.165, 1.54) is 0 Å². The number of nitrogens with one attached hydrogen (secondary N) is 1. The average molecular weight is 312 g/mol. The van der Waals surface area contributed by atoms with E-state index < -0.39 is 0 Å². The van der Waals surface area contributed by atoms with E-state index in [-0.39, 0.29) is 12.1 Å². The smallest absolute Gasteiger partial charge is 0.0918 e. The topological polar surface area (TPSA) is 80.3 Å². The second-order valence-electron chi connectivity index (χ2n) is 6.19. The standard InChI is InChI=1S/C16H20N6O/c23-16-8-12(11-21-6-2-5-18-21)7-14(16)17-9-13-10-20-22-15(13)3-1-4-19-22/h1-6,10,12,14,16-17,23H,7-9,11H2/t12?,14-,16-/m1/s1. The molecule has 2 N–H and O–H groups in total. The average Bonchev–Trinajstić information content (AvgIpc) is 3.27. The van der Waals surface area contributed by atoms with Crippen molar-refractivity contribution in [2.45, 2.75) is 38.1 Å². The summed E-state index contributed by atoms with van der Waals surface area (Å²) in [4.78, 5) is 0. The highest BCUT2D eigenvalue weighted by Crippen LogP contribution is 2.27. The van der Waals surface area contributed by atoms with Crippen LogP contribution in [0, 0.1) is 5.92 Å². The Kier molecular flexibility index (Phi) is 3.80. The lowest BCUT2D eigenvalue weighted by Crippen LogP contribution is -2.35. The molecule has 0 aliphatic heterocycles. The Morgan fingerprint density at radius 3 is 2.96 bits per heavy atom. The molecular formula is C16H20N6O. The van der Waals surface area contributed by atoms with Crippen LogP contribution >= 0.6 is 0 Å². The summed E-state index contributed by atoms with van der Waals surface area (Å²) in [7, 11) is 0. The Morgan fingerprint density at radius 1 is 1.17 bits per heavy atom. The Morgan fingerprint density at radius 2 is 2.09 bits per heavy atom. The van der Waals surface area contributed by atoms with Crippen LogP contribution in [0.4, 0.5) is 0 Å². The SMILES string of the molecule is O[C@@H]1CC(Cn2cccn2)C[C@H]1NCc1cnn2ncccc12. The first kappa shape index (κ1) is 14.3. The third-order valence-electron chi connectivity index (χ3n) is 4.57. The van der Waals surface area contributed by atoms with Gasteiger partial charge in [0.2, 0.25) is 0 Å². The summed E-state index contributed by atoms with van der Waals surface area (Å²) in [5.41, 5.74) is 2.10. The molecule has 0 saturated heterocycles. The van der Waals surface area contributed by atoms with E-state index in [4.69, 9.17) is 0 Å². The fourth-order valence-corrected chi connectivity index (χ4v) is 3.42. The number of aromatic nitrogens is 5. The molecule has 3 aromatic heterocycles. The van der Waals surface area contributed by atoms with Gasteiger partial charge in [0.25, 0.3) is 0 Å². The largest absolute Gasteiger partial charge is 0.391 e. The Hall–Kier alpha value is -2.25. The minimum absolute atomic E-state index is 0.113. The first-order valence-corrected chi connectivity index (χ1v) is 7.96. The summed E-state index contributed by atoms with van der Waals surface area (Å²) >= 11 is 0. The van der Waals surface area contributed by atoms with Gasteiger partial charge in [-0.1, -0.05) is 0 Å². The molecule has 4 rings (SSSR count). The predicted octanol–water partition coefficient (Wildman–Crippen LogP) is 0.855. The maximum atomic E-state index is 10.3. The zero-order valence-electron chi connectivity index (χ0n) is 12.8. The maximum absolute atomic E-state index is 10.3. The molecule has 3 aromatic rings. The van der Waals surface area contributed by atoms with Crippen LogP contribution in [0.2, 0.25) is 0 Å². The second-order valence-corrected chi connectivity index (χ2v) is 6.19. The van der Waals surface area contributed by atoms with Crippen molar-refractivity contribution in [2.75, 3.05) is 0 Å². The lowest BCUT2D eigenvalue weighted by Gasteiger charge is -2.16. The van der Waals surface area contributed by atoms with Crippen LogP contribution in [-0.2, 0) is 13.1 Å². The molecule has 0 aromatic carbocycles.